The molecule has 0 spiro atoms. The minimum Gasteiger partial charge on any atom is -0.497 e. The van der Waals surface area contributed by atoms with Gasteiger partial charge < -0.3 is 19.9 Å². The lowest BCUT2D eigenvalue weighted by molar-refractivity contribution is -0.121. The Balaban J connectivity index is 1.56. The Labute approximate surface area is 203 Å². The van der Waals surface area contributed by atoms with Gasteiger partial charge in [-0.1, -0.05) is 19.9 Å². The molecule has 188 valence electrons. The number of methoxy groups -OCH3 is 1. The van der Waals surface area contributed by atoms with Crippen LogP contribution in [0.1, 0.15) is 49.4 Å². The molecule has 2 N–H and O–H groups in total. The number of hydrogen-bond donors (Lipinski definition) is 2. The maximum Gasteiger partial charge on any atom is 0.408 e. The van der Waals surface area contributed by atoms with E-state index in [0.717, 1.165) is 35.4 Å². The van der Waals surface area contributed by atoms with Gasteiger partial charge in [0.15, 0.2) is 0 Å². The van der Waals surface area contributed by atoms with Crippen molar-refractivity contribution in [2.24, 2.45) is 5.92 Å². The molecule has 1 aliphatic carbocycles. The van der Waals surface area contributed by atoms with E-state index in [0.29, 0.717) is 30.3 Å². The lowest BCUT2D eigenvalue weighted by atomic mass is 9.84. The monoisotopic (exact) mass is 488 g/mol. The molecule has 2 aliphatic rings. The minimum atomic E-state index is -1.26. The molecule has 0 unspecified atom stereocenters. The molecule has 1 saturated carbocycles. The summed E-state index contributed by atoms with van der Waals surface area (Å²) in [5.41, 5.74) is 0.168. The summed E-state index contributed by atoms with van der Waals surface area (Å²) in [7, 11) is 1.52. The molecule has 1 aliphatic heterocycles. The van der Waals surface area contributed by atoms with Crippen LogP contribution < -0.4 is 10.1 Å². The maximum absolute atomic E-state index is 15.1. The van der Waals surface area contributed by atoms with Crippen LogP contribution >= 0.6 is 0 Å². The molecule has 1 atom stereocenters. The zero-order chi connectivity index (χ0) is 25.3. The van der Waals surface area contributed by atoms with Crippen molar-refractivity contribution in [1.29, 1.82) is 0 Å². The van der Waals surface area contributed by atoms with Gasteiger partial charge in [-0.2, -0.15) is 0 Å². The second kappa shape index (κ2) is 9.81. The average Bonchev–Trinajstić information content (AvgIpc) is 3.61. The van der Waals surface area contributed by atoms with Crippen LogP contribution in [0.25, 0.3) is 0 Å². The number of benzene rings is 2. The van der Waals surface area contributed by atoms with Gasteiger partial charge in [0.05, 0.1) is 13.7 Å². The molecule has 1 heterocycles. The largest absolute Gasteiger partial charge is 0.497 e. The van der Waals surface area contributed by atoms with Gasteiger partial charge in [0.2, 0.25) is 0 Å². The molecule has 2 aromatic rings. The van der Waals surface area contributed by atoms with Crippen molar-refractivity contribution in [1.82, 2.24) is 4.90 Å². The van der Waals surface area contributed by atoms with Gasteiger partial charge in [0.25, 0.3) is 5.91 Å². The number of amides is 2. The number of carboxylic acid groups (broad SMARTS) is 1. The van der Waals surface area contributed by atoms with Crippen LogP contribution in [0.4, 0.5) is 19.3 Å². The normalized spacial score (nSPS) is 17.6. The first kappa shape index (κ1) is 24.9. The number of anilines is 1. The zero-order valence-corrected chi connectivity index (χ0v) is 20.1. The first-order valence-electron chi connectivity index (χ1n) is 11.6. The lowest BCUT2D eigenvalue weighted by Crippen LogP contribution is -2.44. The number of carbonyl (C=O) groups is 2. The van der Waals surface area contributed by atoms with Crippen LogP contribution in [0.5, 0.6) is 5.75 Å². The molecule has 9 heteroatoms. The fourth-order valence-electron chi connectivity index (χ4n) is 4.56. The summed E-state index contributed by atoms with van der Waals surface area (Å²) in [5, 5.41) is 12.2. The van der Waals surface area contributed by atoms with Crippen LogP contribution in [0.3, 0.4) is 0 Å². The van der Waals surface area contributed by atoms with Crippen molar-refractivity contribution in [3.63, 3.8) is 0 Å². The van der Waals surface area contributed by atoms with E-state index in [1.165, 1.54) is 7.11 Å². The molecule has 0 saturated heterocycles. The van der Waals surface area contributed by atoms with Crippen LogP contribution in [-0.4, -0.2) is 48.9 Å². The summed E-state index contributed by atoms with van der Waals surface area (Å²) in [6, 6.07) is 5.99. The van der Waals surface area contributed by atoms with Gasteiger partial charge in [-0.15, -0.1) is 0 Å². The third-order valence-electron chi connectivity index (χ3n) is 6.57. The summed E-state index contributed by atoms with van der Waals surface area (Å²) < 4.78 is 41.0. The predicted octanol–water partition coefficient (Wildman–Crippen LogP) is 4.89. The van der Waals surface area contributed by atoms with Gasteiger partial charge in [-0.05, 0) is 60.6 Å². The summed E-state index contributed by atoms with van der Waals surface area (Å²) in [6.07, 6.45) is 1.40. The highest BCUT2D eigenvalue weighted by molar-refractivity contribution is 5.97. The Bertz CT molecular complexity index is 1110. The van der Waals surface area contributed by atoms with E-state index in [4.69, 9.17) is 9.47 Å². The molecular weight excluding hydrogens is 458 g/mol. The van der Waals surface area contributed by atoms with E-state index in [9.17, 15) is 14.7 Å². The van der Waals surface area contributed by atoms with Crippen molar-refractivity contribution >= 4 is 17.7 Å². The first-order chi connectivity index (χ1) is 16.6. The van der Waals surface area contributed by atoms with Crippen LogP contribution in [0, 0.1) is 17.6 Å². The van der Waals surface area contributed by atoms with Gasteiger partial charge in [0, 0.05) is 29.8 Å². The summed E-state index contributed by atoms with van der Waals surface area (Å²) >= 11 is 0. The predicted molar refractivity (Wildman–Crippen MR) is 126 cm³/mol. The lowest BCUT2D eigenvalue weighted by Gasteiger charge is -2.34. The van der Waals surface area contributed by atoms with Crippen molar-refractivity contribution in [2.45, 2.75) is 44.6 Å². The molecular formula is C26H30F2N2O5. The topological polar surface area (TPSA) is 88.1 Å². The van der Waals surface area contributed by atoms with Gasteiger partial charge in [0.1, 0.15) is 23.4 Å². The third kappa shape index (κ3) is 5.40. The van der Waals surface area contributed by atoms with E-state index in [-0.39, 0.29) is 24.4 Å². The van der Waals surface area contributed by atoms with Crippen molar-refractivity contribution < 1.29 is 33.0 Å². The standard InChI is InChI=1S/C26H30F2N2O5/c1-26(2,14-35-13-15-4-5-15)22-20(27)11-17(12-21(22)28)29-24(31)23-19-7-6-18(34-3)10-16(19)8-9-30(23)25(32)33/h6-7,10-12,15,23H,4-5,8-9,13-14H2,1-3H3,(H,29,31)(H,32,33)/t23-/m1/s1. The Hall–Kier alpha value is -3.20. The second-order valence-corrected chi connectivity index (χ2v) is 9.84. The van der Waals surface area contributed by atoms with Gasteiger partial charge in [-0.3, -0.25) is 9.69 Å². The second-order valence-electron chi connectivity index (χ2n) is 9.84. The van der Waals surface area contributed by atoms with Crippen molar-refractivity contribution in [3.05, 3.63) is 58.7 Å². The van der Waals surface area contributed by atoms with Crippen LogP contribution in [0.15, 0.2) is 30.3 Å². The van der Waals surface area contributed by atoms with E-state index in [1.807, 2.05) is 0 Å². The molecule has 7 nitrogen and oxygen atoms in total. The highest BCUT2D eigenvalue weighted by Crippen LogP contribution is 2.35. The van der Waals surface area contributed by atoms with Crippen molar-refractivity contribution in [2.75, 3.05) is 32.2 Å². The summed E-state index contributed by atoms with van der Waals surface area (Å²) in [6.45, 7) is 4.26. The molecule has 35 heavy (non-hydrogen) atoms. The molecule has 1 fully saturated rings. The average molecular weight is 489 g/mol. The Morgan fingerprint density at radius 2 is 1.86 bits per heavy atom. The van der Waals surface area contributed by atoms with E-state index >= 15 is 8.78 Å². The molecule has 0 bridgehead atoms. The summed E-state index contributed by atoms with van der Waals surface area (Å²) in [4.78, 5) is 26.1. The summed E-state index contributed by atoms with van der Waals surface area (Å²) in [5.74, 6) is -1.17. The number of rotatable bonds is 8. The van der Waals surface area contributed by atoms with Crippen molar-refractivity contribution in [3.8, 4) is 5.75 Å². The number of nitrogens with one attached hydrogen (secondary N) is 1. The SMILES string of the molecule is COc1ccc2c(c1)CCN(C(=O)O)[C@H]2C(=O)Nc1cc(F)c(C(C)(C)COCC2CC2)c(F)c1. The molecule has 4 rings (SSSR count). The number of nitrogens with zero attached hydrogens (tertiary/aromatic N) is 1. The highest BCUT2D eigenvalue weighted by Gasteiger charge is 2.37. The molecule has 2 aromatic carbocycles. The van der Waals surface area contributed by atoms with E-state index < -0.39 is 35.1 Å². The first-order valence-corrected chi connectivity index (χ1v) is 11.6. The highest BCUT2D eigenvalue weighted by atomic mass is 19.1. The number of carbonyl (C=O) groups excluding carboxylic acids is 1. The van der Waals surface area contributed by atoms with Gasteiger partial charge in [-0.25, -0.2) is 13.6 Å². The molecule has 0 aromatic heterocycles. The smallest absolute Gasteiger partial charge is 0.408 e. The zero-order valence-electron chi connectivity index (χ0n) is 20.1. The Kier molecular flexibility index (Phi) is 6.98. The van der Waals surface area contributed by atoms with E-state index in [1.54, 1.807) is 32.0 Å². The maximum atomic E-state index is 15.1. The Morgan fingerprint density at radius 3 is 2.46 bits per heavy atom. The van der Waals surface area contributed by atoms with Crippen LogP contribution in [-0.2, 0) is 21.4 Å². The fraction of sp³-hybridized carbons (Fsp3) is 0.462. The number of ether oxygens (including phenoxy) is 2. The Morgan fingerprint density at radius 1 is 1.17 bits per heavy atom. The fourth-order valence-corrected chi connectivity index (χ4v) is 4.56. The number of fused-ring (bicyclic) bond motifs is 1. The third-order valence-corrected chi connectivity index (χ3v) is 6.57. The van der Waals surface area contributed by atoms with Crippen LogP contribution in [0.2, 0.25) is 0 Å². The van der Waals surface area contributed by atoms with Gasteiger partial charge >= 0.3 is 6.09 Å². The minimum absolute atomic E-state index is 0.0885. The molecule has 2 amide bonds. The molecule has 0 radical (unpaired) electrons. The quantitative estimate of drug-likeness (QED) is 0.552. The number of halogens is 2. The number of hydrogen-bond acceptors (Lipinski definition) is 4. The van der Waals surface area contributed by atoms with E-state index in [2.05, 4.69) is 5.32 Å².